The molecule has 1 aromatic carbocycles. The molecular weight excluding hydrogens is 336 g/mol. The minimum absolute atomic E-state index is 0.382. The van der Waals surface area contributed by atoms with Crippen molar-refractivity contribution in [1.29, 1.82) is 0 Å². The molecular formula is C18H20N4O2S. The van der Waals surface area contributed by atoms with Crippen LogP contribution in [-0.4, -0.2) is 20.7 Å². The lowest BCUT2D eigenvalue weighted by Crippen LogP contribution is -2.19. The van der Waals surface area contributed by atoms with Gasteiger partial charge in [-0.15, -0.1) is 10.2 Å². The monoisotopic (exact) mass is 356 g/mol. The number of nitrogens with zero attached hydrogens (tertiary/aromatic N) is 3. The summed E-state index contributed by atoms with van der Waals surface area (Å²) in [5.41, 5.74) is 6.48. The number of thioether (sulfide) groups is 1. The van der Waals surface area contributed by atoms with Gasteiger partial charge in [0.2, 0.25) is 5.91 Å². The minimum atomic E-state index is -0.527. The van der Waals surface area contributed by atoms with E-state index in [-0.39, 0.29) is 0 Å². The minimum Gasteiger partial charge on any atom is -0.461 e. The summed E-state index contributed by atoms with van der Waals surface area (Å²) in [5, 5.41) is 8.66. The summed E-state index contributed by atoms with van der Waals surface area (Å²) in [6.07, 6.45) is 1.60. The molecule has 7 heteroatoms. The van der Waals surface area contributed by atoms with Crippen LogP contribution in [0.5, 0.6) is 0 Å². The van der Waals surface area contributed by atoms with Crippen LogP contribution in [0.3, 0.4) is 0 Å². The van der Waals surface area contributed by atoms with Gasteiger partial charge >= 0.3 is 0 Å². The summed E-state index contributed by atoms with van der Waals surface area (Å²) in [6.45, 7) is 4.94. The Bertz CT molecular complexity index is 828. The third-order valence-electron chi connectivity index (χ3n) is 3.59. The molecule has 0 aliphatic rings. The van der Waals surface area contributed by atoms with Crippen molar-refractivity contribution in [2.75, 3.05) is 0 Å². The quantitative estimate of drug-likeness (QED) is 0.655. The number of amides is 1. The van der Waals surface area contributed by atoms with Crippen LogP contribution >= 0.6 is 11.8 Å². The first-order valence-electron chi connectivity index (χ1n) is 8.04. The Balaban J connectivity index is 1.97. The Hall–Kier alpha value is -2.54. The Labute approximate surface area is 150 Å². The zero-order chi connectivity index (χ0) is 17.8. The van der Waals surface area contributed by atoms with E-state index in [0.29, 0.717) is 29.2 Å². The van der Waals surface area contributed by atoms with Crippen molar-refractivity contribution in [2.45, 2.75) is 30.8 Å². The SMILES string of the molecule is CC(C)Cn1c(SC(C(N)=O)c2ccccc2)nnc1-c1ccco1. The van der Waals surface area contributed by atoms with Gasteiger partial charge < -0.3 is 10.2 Å². The van der Waals surface area contributed by atoms with E-state index in [1.807, 2.05) is 47.0 Å². The lowest BCUT2D eigenvalue weighted by atomic mass is 10.1. The molecule has 2 heterocycles. The fourth-order valence-electron chi connectivity index (χ4n) is 2.52. The lowest BCUT2D eigenvalue weighted by molar-refractivity contribution is -0.117. The number of nitrogens with two attached hydrogens (primary N) is 1. The molecule has 3 rings (SSSR count). The largest absolute Gasteiger partial charge is 0.461 e. The number of benzene rings is 1. The molecule has 0 radical (unpaired) electrons. The maximum atomic E-state index is 12.0. The van der Waals surface area contributed by atoms with Crippen LogP contribution in [0.25, 0.3) is 11.6 Å². The van der Waals surface area contributed by atoms with Gasteiger partial charge in [-0.25, -0.2) is 0 Å². The van der Waals surface area contributed by atoms with Crippen LogP contribution in [0.4, 0.5) is 0 Å². The van der Waals surface area contributed by atoms with Crippen molar-refractivity contribution in [2.24, 2.45) is 11.7 Å². The molecule has 1 atom stereocenters. The number of aromatic nitrogens is 3. The first-order valence-corrected chi connectivity index (χ1v) is 8.92. The van der Waals surface area contributed by atoms with Gasteiger partial charge in [0.05, 0.1) is 6.26 Å². The molecule has 0 fully saturated rings. The highest BCUT2D eigenvalue weighted by atomic mass is 32.2. The molecule has 0 bridgehead atoms. The van der Waals surface area contributed by atoms with Crippen molar-refractivity contribution in [1.82, 2.24) is 14.8 Å². The molecule has 6 nitrogen and oxygen atoms in total. The predicted octanol–water partition coefficient (Wildman–Crippen LogP) is 3.51. The number of carbonyl (C=O) groups is 1. The van der Waals surface area contributed by atoms with Gasteiger partial charge in [-0.05, 0) is 23.6 Å². The molecule has 130 valence electrons. The summed E-state index contributed by atoms with van der Waals surface area (Å²) >= 11 is 1.31. The molecule has 25 heavy (non-hydrogen) atoms. The van der Waals surface area contributed by atoms with E-state index >= 15 is 0 Å². The van der Waals surface area contributed by atoms with Gasteiger partial charge in [-0.1, -0.05) is 55.9 Å². The molecule has 3 aromatic rings. The van der Waals surface area contributed by atoms with E-state index in [0.717, 1.165) is 5.56 Å². The van der Waals surface area contributed by atoms with Crippen LogP contribution in [0.2, 0.25) is 0 Å². The van der Waals surface area contributed by atoms with Crippen LogP contribution in [0.15, 0.2) is 58.3 Å². The second-order valence-electron chi connectivity index (χ2n) is 6.10. The standard InChI is InChI=1S/C18H20N4O2S/c1-12(2)11-22-17(14-9-6-10-24-14)20-21-18(22)25-15(16(19)23)13-7-4-3-5-8-13/h3-10,12,15H,11H2,1-2H3,(H2,19,23). The van der Waals surface area contributed by atoms with E-state index in [9.17, 15) is 4.79 Å². The maximum absolute atomic E-state index is 12.0. The molecule has 0 saturated heterocycles. The zero-order valence-electron chi connectivity index (χ0n) is 14.1. The first-order chi connectivity index (χ1) is 12.1. The van der Waals surface area contributed by atoms with Crippen LogP contribution in [0.1, 0.15) is 24.7 Å². The third-order valence-corrected chi connectivity index (χ3v) is 4.84. The van der Waals surface area contributed by atoms with E-state index in [2.05, 4.69) is 24.0 Å². The normalized spacial score (nSPS) is 12.4. The highest BCUT2D eigenvalue weighted by molar-refractivity contribution is 8.00. The maximum Gasteiger partial charge on any atom is 0.235 e. The summed E-state index contributed by atoms with van der Waals surface area (Å²) < 4.78 is 7.45. The number of furan rings is 1. The second-order valence-corrected chi connectivity index (χ2v) is 7.17. The highest BCUT2D eigenvalue weighted by Crippen LogP contribution is 2.36. The summed E-state index contributed by atoms with van der Waals surface area (Å²) in [4.78, 5) is 12.0. The lowest BCUT2D eigenvalue weighted by Gasteiger charge is -2.15. The van der Waals surface area contributed by atoms with Crippen molar-refractivity contribution >= 4 is 17.7 Å². The Morgan fingerprint density at radius 1 is 1.20 bits per heavy atom. The highest BCUT2D eigenvalue weighted by Gasteiger charge is 2.25. The fraction of sp³-hybridized carbons (Fsp3) is 0.278. The van der Waals surface area contributed by atoms with Gasteiger partial charge in [-0.2, -0.15) is 0 Å². The van der Waals surface area contributed by atoms with Gasteiger partial charge in [0.1, 0.15) is 5.25 Å². The molecule has 0 spiro atoms. The van der Waals surface area contributed by atoms with Crippen LogP contribution in [0, 0.1) is 5.92 Å². The Morgan fingerprint density at radius 2 is 1.96 bits per heavy atom. The average molecular weight is 356 g/mol. The Kier molecular flexibility index (Phi) is 5.23. The van der Waals surface area contributed by atoms with Crippen molar-refractivity contribution in [3.63, 3.8) is 0 Å². The van der Waals surface area contributed by atoms with E-state index in [1.165, 1.54) is 11.8 Å². The number of rotatable bonds is 7. The summed E-state index contributed by atoms with van der Waals surface area (Å²) in [6, 6.07) is 13.1. The second kappa shape index (κ2) is 7.57. The fourth-order valence-corrected chi connectivity index (χ4v) is 3.51. The van der Waals surface area contributed by atoms with Gasteiger partial charge in [0, 0.05) is 6.54 Å². The molecule has 2 aromatic heterocycles. The van der Waals surface area contributed by atoms with Crippen LogP contribution < -0.4 is 5.73 Å². The Morgan fingerprint density at radius 3 is 2.56 bits per heavy atom. The van der Waals surface area contributed by atoms with Crippen LogP contribution in [-0.2, 0) is 11.3 Å². The van der Waals surface area contributed by atoms with Crippen molar-refractivity contribution in [3.05, 3.63) is 54.3 Å². The number of hydrogen-bond donors (Lipinski definition) is 1. The van der Waals surface area contributed by atoms with Crippen molar-refractivity contribution < 1.29 is 9.21 Å². The molecule has 1 unspecified atom stereocenters. The predicted molar refractivity (Wildman–Crippen MR) is 96.8 cm³/mol. The third kappa shape index (κ3) is 3.93. The summed E-state index contributed by atoms with van der Waals surface area (Å²) in [7, 11) is 0. The van der Waals surface area contributed by atoms with Gasteiger partial charge in [0.15, 0.2) is 16.7 Å². The van der Waals surface area contributed by atoms with Gasteiger partial charge in [0.25, 0.3) is 0 Å². The number of hydrogen-bond acceptors (Lipinski definition) is 5. The molecule has 0 aliphatic carbocycles. The molecule has 1 amide bonds. The zero-order valence-corrected chi connectivity index (χ0v) is 14.9. The van der Waals surface area contributed by atoms with Crippen molar-refractivity contribution in [3.8, 4) is 11.6 Å². The first kappa shape index (κ1) is 17.3. The van der Waals surface area contributed by atoms with Gasteiger partial charge in [-0.3, -0.25) is 9.36 Å². The van der Waals surface area contributed by atoms with E-state index in [4.69, 9.17) is 10.2 Å². The molecule has 2 N–H and O–H groups in total. The molecule has 0 saturated carbocycles. The summed E-state index contributed by atoms with van der Waals surface area (Å²) in [5.74, 6) is 1.27. The number of primary amides is 1. The average Bonchev–Trinajstić information content (AvgIpc) is 3.22. The van der Waals surface area contributed by atoms with E-state index in [1.54, 1.807) is 6.26 Å². The topological polar surface area (TPSA) is 86.9 Å². The number of carbonyl (C=O) groups excluding carboxylic acids is 1. The van der Waals surface area contributed by atoms with E-state index < -0.39 is 11.2 Å². The molecule has 0 aliphatic heterocycles. The smallest absolute Gasteiger partial charge is 0.235 e.